The molecule has 6 heteroatoms. The molecule has 0 saturated carbocycles. The zero-order valence-corrected chi connectivity index (χ0v) is 15.1. The maximum atomic E-state index is 12.8. The second-order valence-corrected chi connectivity index (χ2v) is 7.04. The zero-order valence-electron chi connectivity index (χ0n) is 15.1. The van der Waals surface area contributed by atoms with Crippen LogP contribution < -0.4 is 0 Å². The molecular weight excluding hydrogens is 326 g/mol. The highest BCUT2D eigenvalue weighted by Crippen LogP contribution is 2.33. The number of imidazole rings is 1. The van der Waals surface area contributed by atoms with E-state index in [1.165, 1.54) is 5.56 Å². The number of H-pyrrole nitrogens is 1. The largest absolute Gasteiger partial charge is 0.337 e. The van der Waals surface area contributed by atoms with Gasteiger partial charge in [0, 0.05) is 37.3 Å². The van der Waals surface area contributed by atoms with Gasteiger partial charge in [0.05, 0.1) is 18.7 Å². The van der Waals surface area contributed by atoms with Crippen molar-refractivity contribution in [1.82, 2.24) is 24.6 Å². The van der Waals surface area contributed by atoms with Crippen LogP contribution in [0.5, 0.6) is 0 Å². The number of likely N-dealkylation sites (tertiary alicyclic amines) is 1. The third-order valence-corrected chi connectivity index (χ3v) is 5.18. The van der Waals surface area contributed by atoms with Crippen LogP contribution in [0.4, 0.5) is 0 Å². The number of aryl methyl sites for hydroxylation is 2. The minimum absolute atomic E-state index is 0.0473. The number of hydrogen-bond donors (Lipinski definition) is 1. The average molecular weight is 349 g/mol. The monoisotopic (exact) mass is 349 g/mol. The molecular formula is C20H23N5O. The summed E-state index contributed by atoms with van der Waals surface area (Å²) in [7, 11) is 1.85. The molecule has 1 amide bonds. The number of benzene rings is 1. The number of nitrogens with one attached hydrogen (secondary N) is 1. The van der Waals surface area contributed by atoms with Crippen molar-refractivity contribution in [2.75, 3.05) is 13.1 Å². The summed E-state index contributed by atoms with van der Waals surface area (Å²) < 4.78 is 1.78. The highest BCUT2D eigenvalue weighted by atomic mass is 16.2. The van der Waals surface area contributed by atoms with Gasteiger partial charge in [-0.1, -0.05) is 29.8 Å². The lowest BCUT2D eigenvalue weighted by atomic mass is 9.90. The third kappa shape index (κ3) is 3.03. The van der Waals surface area contributed by atoms with Gasteiger partial charge < -0.3 is 9.47 Å². The minimum Gasteiger partial charge on any atom is -0.337 e. The van der Waals surface area contributed by atoms with Crippen molar-refractivity contribution >= 4 is 5.91 Å². The minimum atomic E-state index is 0.0473. The van der Waals surface area contributed by atoms with Crippen LogP contribution in [0, 0.1) is 6.92 Å². The molecule has 1 aliphatic heterocycles. The molecule has 0 bridgehead atoms. The Morgan fingerprint density at radius 2 is 2.04 bits per heavy atom. The number of aromatic nitrogens is 4. The summed E-state index contributed by atoms with van der Waals surface area (Å²) in [6.07, 6.45) is 7.23. The van der Waals surface area contributed by atoms with Crippen LogP contribution in [0.15, 0.2) is 43.0 Å². The summed E-state index contributed by atoms with van der Waals surface area (Å²) in [5.41, 5.74) is 5.29. The van der Waals surface area contributed by atoms with Crippen molar-refractivity contribution in [1.29, 1.82) is 0 Å². The summed E-state index contributed by atoms with van der Waals surface area (Å²) in [4.78, 5) is 18.8. The second-order valence-electron chi connectivity index (χ2n) is 7.04. The molecule has 134 valence electrons. The summed E-state index contributed by atoms with van der Waals surface area (Å²) in [5, 5.41) is 7.48. The molecule has 0 radical (unpaired) electrons. The number of carbonyl (C=O) groups excluding carboxylic acids is 1. The van der Waals surface area contributed by atoms with E-state index in [4.69, 9.17) is 0 Å². The van der Waals surface area contributed by atoms with E-state index >= 15 is 0 Å². The van der Waals surface area contributed by atoms with Crippen LogP contribution >= 0.6 is 0 Å². The lowest BCUT2D eigenvalue weighted by molar-refractivity contribution is 0.0696. The van der Waals surface area contributed by atoms with Crippen molar-refractivity contribution in [3.05, 3.63) is 59.9 Å². The normalized spacial score (nSPS) is 17.5. The Balaban J connectivity index is 1.57. The molecule has 1 fully saturated rings. The maximum Gasteiger partial charge on any atom is 0.272 e. The first kappa shape index (κ1) is 16.6. The summed E-state index contributed by atoms with van der Waals surface area (Å²) in [5.74, 6) is 0.311. The Hall–Kier alpha value is -2.89. The van der Waals surface area contributed by atoms with Crippen LogP contribution in [-0.4, -0.2) is 43.6 Å². The Labute approximate surface area is 152 Å². The van der Waals surface area contributed by atoms with E-state index in [1.54, 1.807) is 17.1 Å². The molecule has 3 aromatic rings. The molecule has 0 unspecified atom stereocenters. The molecule has 0 spiro atoms. The van der Waals surface area contributed by atoms with E-state index < -0.39 is 0 Å². The van der Waals surface area contributed by atoms with Crippen molar-refractivity contribution in [2.45, 2.75) is 25.7 Å². The molecule has 4 rings (SSSR count). The van der Waals surface area contributed by atoms with Crippen LogP contribution in [-0.2, 0) is 7.05 Å². The Morgan fingerprint density at radius 3 is 2.77 bits per heavy atom. The Bertz CT molecular complexity index is 908. The van der Waals surface area contributed by atoms with E-state index in [-0.39, 0.29) is 11.8 Å². The smallest absolute Gasteiger partial charge is 0.272 e. The van der Waals surface area contributed by atoms with Gasteiger partial charge in [-0.05, 0) is 25.3 Å². The van der Waals surface area contributed by atoms with Gasteiger partial charge in [-0.25, -0.2) is 4.98 Å². The molecule has 1 aliphatic rings. The molecule has 2 aromatic heterocycles. The summed E-state index contributed by atoms with van der Waals surface area (Å²) in [6.45, 7) is 3.57. The fourth-order valence-corrected chi connectivity index (χ4v) is 3.69. The molecule has 1 N–H and O–H groups in total. The van der Waals surface area contributed by atoms with Gasteiger partial charge in [0.25, 0.3) is 5.91 Å². The van der Waals surface area contributed by atoms with Gasteiger partial charge in [-0.3, -0.25) is 9.89 Å². The zero-order chi connectivity index (χ0) is 18.1. The number of aromatic amines is 1. The van der Waals surface area contributed by atoms with E-state index in [0.717, 1.165) is 36.2 Å². The van der Waals surface area contributed by atoms with Crippen LogP contribution in [0.25, 0.3) is 11.1 Å². The number of rotatable bonds is 3. The van der Waals surface area contributed by atoms with Crippen molar-refractivity contribution in [2.24, 2.45) is 7.05 Å². The van der Waals surface area contributed by atoms with Gasteiger partial charge in [0.15, 0.2) is 0 Å². The van der Waals surface area contributed by atoms with Crippen LogP contribution in [0.1, 0.15) is 40.5 Å². The number of hydrogen-bond acceptors (Lipinski definition) is 3. The van der Waals surface area contributed by atoms with E-state index in [0.29, 0.717) is 12.2 Å². The van der Waals surface area contributed by atoms with Crippen LogP contribution in [0.2, 0.25) is 0 Å². The highest BCUT2D eigenvalue weighted by molar-refractivity contribution is 5.92. The summed E-state index contributed by atoms with van der Waals surface area (Å²) in [6, 6.07) is 8.49. The van der Waals surface area contributed by atoms with Crippen LogP contribution in [0.3, 0.4) is 0 Å². The first-order valence-electron chi connectivity index (χ1n) is 8.99. The molecule has 26 heavy (non-hydrogen) atoms. The van der Waals surface area contributed by atoms with Crippen molar-refractivity contribution in [3.63, 3.8) is 0 Å². The average Bonchev–Trinajstić information content (AvgIpc) is 3.31. The Morgan fingerprint density at radius 1 is 1.23 bits per heavy atom. The van der Waals surface area contributed by atoms with Crippen molar-refractivity contribution < 1.29 is 4.79 Å². The van der Waals surface area contributed by atoms with Gasteiger partial charge in [-0.15, -0.1) is 0 Å². The summed E-state index contributed by atoms with van der Waals surface area (Å²) >= 11 is 0. The molecule has 6 nitrogen and oxygen atoms in total. The van der Waals surface area contributed by atoms with Gasteiger partial charge in [-0.2, -0.15) is 5.10 Å². The molecule has 1 atom stereocenters. The SMILES string of the molecule is Cc1ccc(-c2cn[nH]c2[C@H]2CCCN(C(=O)c3cncn3C)C2)cc1. The van der Waals surface area contributed by atoms with Gasteiger partial charge in [0.2, 0.25) is 0 Å². The molecule has 1 saturated heterocycles. The number of carbonyl (C=O) groups is 1. The first-order valence-corrected chi connectivity index (χ1v) is 8.99. The topological polar surface area (TPSA) is 66.8 Å². The second kappa shape index (κ2) is 6.78. The highest BCUT2D eigenvalue weighted by Gasteiger charge is 2.29. The standard InChI is InChI=1S/C20H23N5O/c1-14-5-7-15(8-6-14)17-10-22-23-19(17)16-4-3-9-25(12-16)20(26)18-11-21-13-24(18)2/h5-8,10-11,13,16H,3-4,9,12H2,1-2H3,(H,22,23)/t16-/m0/s1. The quantitative estimate of drug-likeness (QED) is 0.790. The lowest BCUT2D eigenvalue weighted by Gasteiger charge is -2.32. The maximum absolute atomic E-state index is 12.8. The Kier molecular flexibility index (Phi) is 4.32. The predicted octanol–water partition coefficient (Wildman–Crippen LogP) is 3.14. The number of amides is 1. The fraction of sp³-hybridized carbons (Fsp3) is 0.350. The lowest BCUT2D eigenvalue weighted by Crippen LogP contribution is -2.40. The fourth-order valence-electron chi connectivity index (χ4n) is 3.69. The first-order chi connectivity index (χ1) is 12.6. The number of piperidine rings is 1. The van der Waals surface area contributed by atoms with Gasteiger partial charge >= 0.3 is 0 Å². The van der Waals surface area contributed by atoms with E-state index in [9.17, 15) is 4.79 Å². The third-order valence-electron chi connectivity index (χ3n) is 5.18. The molecule has 3 heterocycles. The van der Waals surface area contributed by atoms with Crippen molar-refractivity contribution in [3.8, 4) is 11.1 Å². The van der Waals surface area contributed by atoms with E-state index in [2.05, 4.69) is 46.4 Å². The predicted molar refractivity (Wildman–Crippen MR) is 99.8 cm³/mol. The molecule has 0 aliphatic carbocycles. The van der Waals surface area contributed by atoms with Gasteiger partial charge in [0.1, 0.15) is 5.69 Å². The number of nitrogens with zero attached hydrogens (tertiary/aromatic N) is 4. The molecule has 1 aromatic carbocycles. The van der Waals surface area contributed by atoms with E-state index in [1.807, 2.05) is 18.1 Å².